The summed E-state index contributed by atoms with van der Waals surface area (Å²) in [4.78, 5) is 2.43. The number of amidine groups is 2. The molecule has 0 unspecified atom stereocenters. The van der Waals surface area contributed by atoms with Gasteiger partial charge in [0, 0.05) is 24.2 Å². The first kappa shape index (κ1) is 23.2. The van der Waals surface area contributed by atoms with Crippen molar-refractivity contribution in [3.05, 3.63) is 59.7 Å². The largest absolute Gasteiger partial charge is 0.494 e. The summed E-state index contributed by atoms with van der Waals surface area (Å²) in [6.45, 7) is 6.50. The smallest absolute Gasteiger partial charge is 0.122 e. The molecule has 7 nitrogen and oxygen atoms in total. The molecule has 0 saturated carbocycles. The van der Waals surface area contributed by atoms with Gasteiger partial charge < -0.3 is 25.8 Å². The summed E-state index contributed by atoms with van der Waals surface area (Å²) in [5.41, 5.74) is 12.3. The van der Waals surface area contributed by atoms with Crippen molar-refractivity contribution in [1.29, 1.82) is 10.8 Å². The molecule has 2 aromatic carbocycles. The van der Waals surface area contributed by atoms with Crippen LogP contribution in [0.5, 0.6) is 11.5 Å². The molecular formula is C23H33N5O2. The molecule has 30 heavy (non-hydrogen) atoms. The van der Waals surface area contributed by atoms with Gasteiger partial charge in [0.1, 0.15) is 23.2 Å². The molecule has 6 N–H and O–H groups in total. The number of ether oxygens (including phenoxy) is 2. The van der Waals surface area contributed by atoms with E-state index in [9.17, 15) is 0 Å². The summed E-state index contributed by atoms with van der Waals surface area (Å²) in [6, 6.07) is 14.6. The zero-order valence-electron chi connectivity index (χ0n) is 17.7. The van der Waals surface area contributed by atoms with Crippen molar-refractivity contribution in [3.8, 4) is 11.5 Å². The van der Waals surface area contributed by atoms with E-state index in [1.54, 1.807) is 24.3 Å². The maximum absolute atomic E-state index is 7.41. The van der Waals surface area contributed by atoms with Crippen LogP contribution in [0.2, 0.25) is 0 Å². The number of nitrogens with two attached hydrogens (primary N) is 2. The zero-order valence-corrected chi connectivity index (χ0v) is 17.7. The topological polar surface area (TPSA) is 121 Å². The fourth-order valence-electron chi connectivity index (χ4n) is 3.07. The first-order valence-electron chi connectivity index (χ1n) is 10.4. The van der Waals surface area contributed by atoms with Crippen molar-refractivity contribution in [2.45, 2.75) is 26.2 Å². The Morgan fingerprint density at radius 3 is 1.47 bits per heavy atom. The SMILES string of the molecule is CCCN(CCCOc1ccc(C(=N)N)cc1)CCCOc1ccc(C(=N)N)cc1. The second-order valence-corrected chi connectivity index (χ2v) is 7.12. The van der Waals surface area contributed by atoms with Crippen LogP contribution in [0.25, 0.3) is 0 Å². The van der Waals surface area contributed by atoms with E-state index < -0.39 is 0 Å². The number of hydrogen-bond acceptors (Lipinski definition) is 5. The van der Waals surface area contributed by atoms with E-state index >= 15 is 0 Å². The van der Waals surface area contributed by atoms with Crippen LogP contribution in [0.3, 0.4) is 0 Å². The first-order valence-corrected chi connectivity index (χ1v) is 10.4. The Morgan fingerprint density at radius 2 is 1.13 bits per heavy atom. The van der Waals surface area contributed by atoms with Crippen molar-refractivity contribution in [2.75, 3.05) is 32.8 Å². The van der Waals surface area contributed by atoms with E-state index in [1.807, 2.05) is 24.3 Å². The predicted molar refractivity (Wildman–Crippen MR) is 122 cm³/mol. The maximum Gasteiger partial charge on any atom is 0.122 e. The standard InChI is InChI=1S/C23H33N5O2/c1-2-13-28(14-3-16-29-20-9-5-18(6-10-20)22(24)25)15-4-17-30-21-11-7-19(8-12-21)23(26)27/h5-12H,2-4,13-17H2,1H3,(H3,24,25)(H3,26,27). The number of nitrogens with one attached hydrogen (secondary N) is 2. The predicted octanol–water partition coefficient (Wildman–Crippen LogP) is 3.20. The summed E-state index contributed by atoms with van der Waals surface area (Å²) < 4.78 is 11.6. The van der Waals surface area contributed by atoms with E-state index in [-0.39, 0.29) is 11.7 Å². The lowest BCUT2D eigenvalue weighted by Gasteiger charge is -2.21. The highest BCUT2D eigenvalue weighted by atomic mass is 16.5. The number of benzene rings is 2. The van der Waals surface area contributed by atoms with Crippen LogP contribution in [0, 0.1) is 10.8 Å². The van der Waals surface area contributed by atoms with E-state index in [0.29, 0.717) is 24.3 Å². The third-order valence-electron chi connectivity index (χ3n) is 4.65. The fourth-order valence-corrected chi connectivity index (χ4v) is 3.07. The van der Waals surface area contributed by atoms with E-state index in [1.165, 1.54) is 0 Å². The van der Waals surface area contributed by atoms with Gasteiger partial charge in [-0.05, 0) is 74.3 Å². The third-order valence-corrected chi connectivity index (χ3v) is 4.65. The van der Waals surface area contributed by atoms with Gasteiger partial charge in [0.2, 0.25) is 0 Å². The van der Waals surface area contributed by atoms with Gasteiger partial charge >= 0.3 is 0 Å². The molecule has 162 valence electrons. The monoisotopic (exact) mass is 411 g/mol. The number of nitrogens with zero attached hydrogens (tertiary/aromatic N) is 1. The Labute approximate surface area is 179 Å². The molecule has 0 atom stereocenters. The summed E-state index contributed by atoms with van der Waals surface area (Å²) >= 11 is 0. The van der Waals surface area contributed by atoms with Gasteiger partial charge in [-0.1, -0.05) is 6.92 Å². The Morgan fingerprint density at radius 1 is 0.733 bits per heavy atom. The zero-order chi connectivity index (χ0) is 21.8. The lowest BCUT2D eigenvalue weighted by atomic mass is 10.2. The van der Waals surface area contributed by atoms with Gasteiger partial charge in [-0.15, -0.1) is 0 Å². The van der Waals surface area contributed by atoms with Gasteiger partial charge in [0.05, 0.1) is 13.2 Å². The molecule has 2 aromatic rings. The van der Waals surface area contributed by atoms with Crippen LogP contribution < -0.4 is 20.9 Å². The molecule has 7 heteroatoms. The molecular weight excluding hydrogens is 378 g/mol. The number of hydrogen-bond donors (Lipinski definition) is 4. The van der Waals surface area contributed by atoms with E-state index in [0.717, 1.165) is 50.4 Å². The van der Waals surface area contributed by atoms with Crippen LogP contribution in [-0.4, -0.2) is 49.4 Å². The fraction of sp³-hybridized carbons (Fsp3) is 0.391. The normalized spacial score (nSPS) is 10.7. The highest BCUT2D eigenvalue weighted by Gasteiger charge is 2.05. The Bertz CT molecular complexity index is 725. The quantitative estimate of drug-likeness (QED) is 0.216. The summed E-state index contributed by atoms with van der Waals surface area (Å²) in [6.07, 6.45) is 3.00. The summed E-state index contributed by atoms with van der Waals surface area (Å²) in [5.74, 6) is 1.72. The molecule has 0 aliphatic rings. The molecule has 2 rings (SSSR count). The lowest BCUT2D eigenvalue weighted by Crippen LogP contribution is -2.29. The molecule has 0 amide bonds. The van der Waals surface area contributed by atoms with Gasteiger partial charge in [0.25, 0.3) is 0 Å². The van der Waals surface area contributed by atoms with Crippen molar-refractivity contribution in [3.63, 3.8) is 0 Å². The molecule has 0 saturated heterocycles. The van der Waals surface area contributed by atoms with Crippen molar-refractivity contribution in [2.24, 2.45) is 11.5 Å². The first-order chi connectivity index (χ1) is 14.5. The Hall–Kier alpha value is -3.06. The summed E-state index contributed by atoms with van der Waals surface area (Å²) in [5, 5.41) is 14.8. The molecule has 0 heterocycles. The van der Waals surface area contributed by atoms with Gasteiger partial charge in [-0.2, -0.15) is 0 Å². The average molecular weight is 412 g/mol. The lowest BCUT2D eigenvalue weighted by molar-refractivity contribution is 0.213. The van der Waals surface area contributed by atoms with Crippen LogP contribution in [-0.2, 0) is 0 Å². The minimum absolute atomic E-state index is 0.0637. The molecule has 0 aliphatic carbocycles. The molecule has 0 spiro atoms. The van der Waals surface area contributed by atoms with E-state index in [2.05, 4.69) is 11.8 Å². The van der Waals surface area contributed by atoms with E-state index in [4.69, 9.17) is 31.8 Å². The molecule has 0 fully saturated rings. The molecule has 0 bridgehead atoms. The summed E-state index contributed by atoms with van der Waals surface area (Å²) in [7, 11) is 0. The van der Waals surface area contributed by atoms with Crippen molar-refractivity contribution < 1.29 is 9.47 Å². The highest BCUT2D eigenvalue weighted by molar-refractivity contribution is 5.95. The Balaban J connectivity index is 1.65. The Kier molecular flexibility index (Phi) is 9.67. The maximum atomic E-state index is 7.41. The van der Waals surface area contributed by atoms with Gasteiger partial charge in [-0.3, -0.25) is 10.8 Å². The number of rotatable bonds is 14. The average Bonchev–Trinajstić information content (AvgIpc) is 2.74. The third kappa shape index (κ3) is 8.13. The molecule has 0 radical (unpaired) electrons. The second kappa shape index (κ2) is 12.5. The van der Waals surface area contributed by atoms with Crippen LogP contribution in [0.4, 0.5) is 0 Å². The van der Waals surface area contributed by atoms with Gasteiger partial charge in [0.15, 0.2) is 0 Å². The van der Waals surface area contributed by atoms with Crippen LogP contribution in [0.1, 0.15) is 37.3 Å². The molecule has 0 aliphatic heterocycles. The highest BCUT2D eigenvalue weighted by Crippen LogP contribution is 2.13. The molecule has 0 aromatic heterocycles. The minimum atomic E-state index is 0.0637. The minimum Gasteiger partial charge on any atom is -0.494 e. The van der Waals surface area contributed by atoms with Gasteiger partial charge in [-0.25, -0.2) is 0 Å². The van der Waals surface area contributed by atoms with Crippen molar-refractivity contribution >= 4 is 11.7 Å². The van der Waals surface area contributed by atoms with Crippen LogP contribution in [0.15, 0.2) is 48.5 Å². The van der Waals surface area contributed by atoms with Crippen molar-refractivity contribution in [1.82, 2.24) is 4.90 Å². The second-order valence-electron chi connectivity index (χ2n) is 7.12. The number of nitrogen functional groups attached to an aromatic ring is 2. The van der Waals surface area contributed by atoms with Crippen LogP contribution >= 0.6 is 0 Å².